The highest BCUT2D eigenvalue weighted by Crippen LogP contribution is 2.26. The van der Waals surface area contributed by atoms with Gasteiger partial charge in [-0.2, -0.15) is 0 Å². The fourth-order valence-corrected chi connectivity index (χ4v) is 3.40. The second-order valence-electron chi connectivity index (χ2n) is 8.25. The molecule has 5 nitrogen and oxygen atoms in total. The topological polar surface area (TPSA) is 70.2 Å². The first-order valence-electron chi connectivity index (χ1n) is 9.66. The fourth-order valence-electron chi connectivity index (χ4n) is 3.40. The first-order chi connectivity index (χ1) is 12.3. The zero-order valence-electron chi connectivity index (χ0n) is 16.9. The third-order valence-electron chi connectivity index (χ3n) is 5.22. The highest BCUT2D eigenvalue weighted by atomic mass is 35.5. The molecule has 0 aromatic heterocycles. The van der Waals surface area contributed by atoms with Crippen molar-refractivity contribution >= 4 is 24.2 Å². The standard InChI is InChI=1S/C21H33N3O2.ClH/c1-15(2)13-18(24-19(25)17-8-6-5-7-16(17)3)20(26)23-14-21(4)9-11-22-12-10-21;/h5-8,15,18,22H,9-14H2,1-4H3,(H,23,26)(H,24,25);1H. The van der Waals surface area contributed by atoms with Crippen LogP contribution in [-0.2, 0) is 4.79 Å². The van der Waals surface area contributed by atoms with Gasteiger partial charge in [0, 0.05) is 12.1 Å². The summed E-state index contributed by atoms with van der Waals surface area (Å²) in [7, 11) is 0. The van der Waals surface area contributed by atoms with Gasteiger partial charge in [0.2, 0.25) is 5.91 Å². The molecule has 0 saturated carbocycles. The quantitative estimate of drug-likeness (QED) is 0.664. The molecular formula is C21H34ClN3O2. The number of benzene rings is 1. The molecule has 2 amide bonds. The molecule has 1 aliphatic rings. The van der Waals surface area contributed by atoms with Gasteiger partial charge in [-0.05, 0) is 62.2 Å². The smallest absolute Gasteiger partial charge is 0.252 e. The molecule has 6 heteroatoms. The number of hydrogen-bond donors (Lipinski definition) is 3. The lowest BCUT2D eigenvalue weighted by Crippen LogP contribution is -2.50. The van der Waals surface area contributed by atoms with E-state index in [2.05, 4.69) is 36.7 Å². The molecule has 1 aromatic carbocycles. The Hall–Kier alpha value is -1.59. The molecule has 152 valence electrons. The van der Waals surface area contributed by atoms with Crippen LogP contribution in [0, 0.1) is 18.3 Å². The van der Waals surface area contributed by atoms with Gasteiger partial charge in [-0.25, -0.2) is 0 Å². The van der Waals surface area contributed by atoms with Crippen molar-refractivity contribution in [3.05, 3.63) is 35.4 Å². The Morgan fingerprint density at radius 1 is 1.19 bits per heavy atom. The minimum absolute atomic E-state index is 0. The highest BCUT2D eigenvalue weighted by Gasteiger charge is 2.29. The van der Waals surface area contributed by atoms with Crippen molar-refractivity contribution in [2.24, 2.45) is 11.3 Å². The van der Waals surface area contributed by atoms with Gasteiger partial charge in [0.1, 0.15) is 6.04 Å². The van der Waals surface area contributed by atoms with Crippen LogP contribution in [0.2, 0.25) is 0 Å². The number of piperidine rings is 1. The third kappa shape index (κ3) is 7.15. The maximum Gasteiger partial charge on any atom is 0.252 e. The molecule has 1 aliphatic heterocycles. The molecule has 1 aromatic rings. The maximum atomic E-state index is 12.8. The maximum absolute atomic E-state index is 12.8. The van der Waals surface area contributed by atoms with E-state index in [9.17, 15) is 9.59 Å². The van der Waals surface area contributed by atoms with Gasteiger partial charge < -0.3 is 16.0 Å². The number of nitrogens with one attached hydrogen (secondary N) is 3. The average Bonchev–Trinajstić information content (AvgIpc) is 2.59. The van der Waals surface area contributed by atoms with Gasteiger partial charge >= 0.3 is 0 Å². The second-order valence-corrected chi connectivity index (χ2v) is 8.25. The minimum atomic E-state index is -0.507. The number of hydrogen-bond acceptors (Lipinski definition) is 3. The van der Waals surface area contributed by atoms with Crippen molar-refractivity contribution in [2.45, 2.75) is 53.0 Å². The number of halogens is 1. The molecule has 2 rings (SSSR count). The SMILES string of the molecule is Cc1ccccc1C(=O)NC(CC(C)C)C(=O)NCC1(C)CCNCC1.Cl. The summed E-state index contributed by atoms with van der Waals surface area (Å²) in [4.78, 5) is 25.4. The van der Waals surface area contributed by atoms with Crippen molar-refractivity contribution < 1.29 is 9.59 Å². The number of aryl methyl sites for hydroxylation is 1. The van der Waals surface area contributed by atoms with Crippen molar-refractivity contribution in [1.82, 2.24) is 16.0 Å². The molecule has 1 saturated heterocycles. The van der Waals surface area contributed by atoms with Gasteiger partial charge in [-0.15, -0.1) is 12.4 Å². The van der Waals surface area contributed by atoms with Crippen molar-refractivity contribution in [3.63, 3.8) is 0 Å². The Kier molecular flexibility index (Phi) is 9.27. The van der Waals surface area contributed by atoms with E-state index in [4.69, 9.17) is 0 Å². The van der Waals surface area contributed by atoms with Gasteiger partial charge in [0.05, 0.1) is 0 Å². The van der Waals surface area contributed by atoms with Crippen LogP contribution in [0.3, 0.4) is 0 Å². The Morgan fingerprint density at radius 2 is 1.81 bits per heavy atom. The van der Waals surface area contributed by atoms with Crippen LogP contribution >= 0.6 is 12.4 Å². The number of amides is 2. The monoisotopic (exact) mass is 395 g/mol. The molecule has 1 unspecified atom stereocenters. The molecule has 1 heterocycles. The van der Waals surface area contributed by atoms with Crippen molar-refractivity contribution in [1.29, 1.82) is 0 Å². The van der Waals surface area contributed by atoms with Crippen molar-refractivity contribution in [3.8, 4) is 0 Å². The van der Waals surface area contributed by atoms with Crippen LogP contribution in [0.25, 0.3) is 0 Å². The van der Waals surface area contributed by atoms with Gasteiger partial charge in [0.25, 0.3) is 5.91 Å². The van der Waals surface area contributed by atoms with Crippen molar-refractivity contribution in [2.75, 3.05) is 19.6 Å². The van der Waals surface area contributed by atoms with Gasteiger partial charge in [-0.1, -0.05) is 39.0 Å². The van der Waals surface area contributed by atoms with Crippen LogP contribution in [0.15, 0.2) is 24.3 Å². The van der Waals surface area contributed by atoms with E-state index in [-0.39, 0.29) is 29.6 Å². The number of carbonyl (C=O) groups excluding carboxylic acids is 2. The molecule has 0 radical (unpaired) electrons. The van der Waals surface area contributed by atoms with Gasteiger partial charge in [-0.3, -0.25) is 9.59 Å². The van der Waals surface area contributed by atoms with E-state index in [0.717, 1.165) is 31.5 Å². The summed E-state index contributed by atoms with van der Waals surface area (Å²) >= 11 is 0. The van der Waals surface area contributed by atoms with E-state index in [1.165, 1.54) is 0 Å². The van der Waals surface area contributed by atoms with Crippen LogP contribution in [0.4, 0.5) is 0 Å². The Morgan fingerprint density at radius 3 is 2.41 bits per heavy atom. The molecule has 0 bridgehead atoms. The summed E-state index contributed by atoms with van der Waals surface area (Å²) < 4.78 is 0. The van der Waals surface area contributed by atoms with Crippen LogP contribution in [0.5, 0.6) is 0 Å². The molecule has 27 heavy (non-hydrogen) atoms. The van der Waals surface area contributed by atoms with Gasteiger partial charge in [0.15, 0.2) is 0 Å². The largest absolute Gasteiger partial charge is 0.354 e. The number of rotatable bonds is 7. The lowest BCUT2D eigenvalue weighted by Gasteiger charge is -2.34. The molecular weight excluding hydrogens is 362 g/mol. The Balaban J connectivity index is 0.00000364. The van der Waals surface area contributed by atoms with E-state index in [0.29, 0.717) is 24.4 Å². The minimum Gasteiger partial charge on any atom is -0.354 e. The molecule has 1 atom stereocenters. The normalized spacial score (nSPS) is 16.9. The van der Waals surface area contributed by atoms with Crippen LogP contribution < -0.4 is 16.0 Å². The van der Waals surface area contributed by atoms with Crippen LogP contribution in [0.1, 0.15) is 56.0 Å². The summed E-state index contributed by atoms with van der Waals surface area (Å²) in [5.41, 5.74) is 1.67. The fraction of sp³-hybridized carbons (Fsp3) is 0.619. The van der Waals surface area contributed by atoms with E-state index < -0.39 is 6.04 Å². The molecule has 0 spiro atoms. The second kappa shape index (κ2) is 10.7. The molecule has 1 fully saturated rings. The lowest BCUT2D eigenvalue weighted by molar-refractivity contribution is -0.123. The van der Waals surface area contributed by atoms with E-state index in [1.807, 2.05) is 25.1 Å². The summed E-state index contributed by atoms with van der Waals surface area (Å²) in [5, 5.41) is 9.39. The Bertz CT molecular complexity index is 628. The average molecular weight is 396 g/mol. The third-order valence-corrected chi connectivity index (χ3v) is 5.22. The molecule has 0 aliphatic carbocycles. The summed E-state index contributed by atoms with van der Waals surface area (Å²) in [5.74, 6) is 0.0507. The van der Waals surface area contributed by atoms with E-state index >= 15 is 0 Å². The predicted molar refractivity (Wildman–Crippen MR) is 112 cm³/mol. The highest BCUT2D eigenvalue weighted by molar-refractivity contribution is 5.98. The summed E-state index contributed by atoms with van der Waals surface area (Å²) in [6.07, 6.45) is 2.73. The summed E-state index contributed by atoms with van der Waals surface area (Å²) in [6, 6.07) is 6.95. The zero-order valence-corrected chi connectivity index (χ0v) is 17.7. The predicted octanol–water partition coefficient (Wildman–Crippen LogP) is 3.07. The zero-order chi connectivity index (χ0) is 19.2. The summed E-state index contributed by atoms with van der Waals surface area (Å²) in [6.45, 7) is 10.9. The van der Waals surface area contributed by atoms with Crippen LogP contribution in [-0.4, -0.2) is 37.5 Å². The first kappa shape index (κ1) is 23.4. The number of carbonyl (C=O) groups is 2. The first-order valence-corrected chi connectivity index (χ1v) is 9.66. The lowest BCUT2D eigenvalue weighted by atomic mass is 9.81. The van der Waals surface area contributed by atoms with E-state index in [1.54, 1.807) is 6.07 Å². The Labute approximate surface area is 169 Å². The molecule has 3 N–H and O–H groups in total.